The molecule has 0 aliphatic carbocycles. The Balaban J connectivity index is -0.00000000909. The van der Waals surface area contributed by atoms with Crippen LogP contribution in [0, 0.1) is 0 Å². The molecule has 0 saturated carbocycles. The largest absolute Gasteiger partial charge is 0.444 e. The maximum Gasteiger partial charge on any atom is 0.407 e. The number of alkyl carbamates (subject to hydrolysis) is 1. The monoisotopic (exact) mass is 348 g/mol. The van der Waals surface area contributed by atoms with E-state index in [1.807, 2.05) is 0 Å². The molecule has 0 saturated heterocycles. The fourth-order valence-corrected chi connectivity index (χ4v) is 0.472. The summed E-state index contributed by atoms with van der Waals surface area (Å²) in [5, 5.41) is 10.7. The van der Waals surface area contributed by atoms with E-state index in [1.54, 1.807) is 20.8 Å². The van der Waals surface area contributed by atoms with Crippen molar-refractivity contribution in [2.24, 2.45) is 0 Å². The van der Waals surface area contributed by atoms with Gasteiger partial charge in [0.05, 0.1) is 6.61 Å². The van der Waals surface area contributed by atoms with Crippen molar-refractivity contribution in [3.63, 3.8) is 0 Å². The van der Waals surface area contributed by atoms with Crippen molar-refractivity contribution in [1.29, 1.82) is 0 Å². The smallest absolute Gasteiger partial charge is 0.407 e. The maximum absolute atomic E-state index is 10.8. The van der Waals surface area contributed by atoms with Gasteiger partial charge in [0.25, 0.3) is 0 Å². The van der Waals surface area contributed by atoms with Crippen LogP contribution >= 0.6 is 0 Å². The molecule has 0 spiro atoms. The number of hydrogen-bond acceptors (Lipinski definition) is 14. The number of rotatable bonds is 2. The van der Waals surface area contributed by atoms with E-state index in [0.717, 1.165) is 0 Å². The van der Waals surface area contributed by atoms with Crippen LogP contribution < -0.4 is 73.0 Å². The van der Waals surface area contributed by atoms with Gasteiger partial charge in [0.1, 0.15) is 5.60 Å². The Bertz CT molecular complexity index is 145. The molecular weight excluding hydrogens is 300 g/mol. The van der Waals surface area contributed by atoms with E-state index in [-0.39, 0.29) is 80.8 Å². The average molecular weight is 349 g/mol. The lowest BCUT2D eigenvalue weighted by molar-refractivity contribution is 0.0518. The number of hydrogen-bond donors (Lipinski definition) is 13. The zero-order chi connectivity index (χ0) is 8.91. The Kier molecular flexibility index (Phi) is 241. The number of aliphatic hydroxyl groups excluding tert-OH is 1. The molecule has 22 heavy (non-hydrogen) atoms. The van der Waals surface area contributed by atoms with Crippen LogP contribution in [0.4, 0.5) is 4.79 Å². The standard InChI is InChI=1S/C7H15NO3.11H3N/c1-7(2,3)11-6(10)8-4-5-9;;;;;;;;;;;/h9H,4-5H2,1-3H3,(H,8,10);11*1H3. The Morgan fingerprint density at radius 2 is 1.09 bits per heavy atom. The van der Waals surface area contributed by atoms with Gasteiger partial charge in [-0.1, -0.05) is 0 Å². The van der Waals surface area contributed by atoms with Crippen molar-refractivity contribution in [1.82, 2.24) is 73.0 Å². The predicted octanol–water partition coefficient (Wildman–Crippen LogP) is 2.29. The quantitative estimate of drug-likeness (QED) is 0.340. The second kappa shape index (κ2) is 50.3. The van der Waals surface area contributed by atoms with E-state index in [9.17, 15) is 4.79 Å². The SMILES string of the molecule is CC(C)(C)OC(=O)NCCO.N.N.N.N.N.N.N.N.N.N.N. The van der Waals surface area contributed by atoms with Crippen molar-refractivity contribution < 1.29 is 14.6 Å². The summed E-state index contributed by atoms with van der Waals surface area (Å²) in [6.07, 6.45) is -0.494. The summed E-state index contributed by atoms with van der Waals surface area (Å²) in [5.74, 6) is 0. The normalized spacial score (nSPS) is 5.45. The lowest BCUT2D eigenvalue weighted by atomic mass is 10.2. The minimum atomic E-state index is -0.494. The Morgan fingerprint density at radius 1 is 0.818 bits per heavy atom. The molecule has 0 aromatic heterocycles. The summed E-state index contributed by atoms with van der Waals surface area (Å²) in [6.45, 7) is 5.51. The number of carbonyl (C=O) groups excluding carboxylic acids is 1. The molecule has 154 valence electrons. The van der Waals surface area contributed by atoms with E-state index < -0.39 is 11.7 Å². The molecular formula is C7H48N12O3. The number of carbonyl (C=O) groups is 1. The summed E-state index contributed by atoms with van der Waals surface area (Å²) < 4.78 is 4.88. The highest BCUT2D eigenvalue weighted by molar-refractivity contribution is 5.67. The first-order valence-corrected chi connectivity index (χ1v) is 3.53. The molecule has 0 unspecified atom stereocenters. The first-order valence-electron chi connectivity index (χ1n) is 3.53. The minimum Gasteiger partial charge on any atom is -0.444 e. The molecule has 0 rings (SSSR count). The summed E-state index contributed by atoms with van der Waals surface area (Å²) in [7, 11) is 0. The van der Waals surface area contributed by atoms with Gasteiger partial charge in [-0.25, -0.2) is 4.79 Å². The highest BCUT2D eigenvalue weighted by Crippen LogP contribution is 2.05. The molecule has 0 aliphatic heterocycles. The molecule has 15 heteroatoms. The molecule has 0 aromatic carbocycles. The fraction of sp³-hybridized carbons (Fsp3) is 0.857. The molecule has 0 aromatic rings. The molecule has 0 bridgehead atoms. The average Bonchev–Trinajstić information content (AvgIpc) is 1.79. The Morgan fingerprint density at radius 3 is 1.27 bits per heavy atom. The van der Waals surface area contributed by atoms with E-state index in [1.165, 1.54) is 0 Å². The van der Waals surface area contributed by atoms with Crippen LogP contribution in [-0.4, -0.2) is 30.0 Å². The van der Waals surface area contributed by atoms with Crippen LogP contribution in [0.3, 0.4) is 0 Å². The first kappa shape index (κ1) is 105. The highest BCUT2D eigenvalue weighted by atomic mass is 16.6. The molecule has 1 amide bonds. The molecule has 0 radical (unpaired) electrons. The topological polar surface area (TPSA) is 444 Å². The van der Waals surface area contributed by atoms with Gasteiger partial charge in [0, 0.05) is 6.54 Å². The third-order valence-electron chi connectivity index (χ3n) is 0.780. The second-order valence-electron chi connectivity index (χ2n) is 3.15. The zero-order valence-electron chi connectivity index (χ0n) is 15.0. The van der Waals surface area contributed by atoms with Gasteiger partial charge in [-0.15, -0.1) is 0 Å². The fourth-order valence-electron chi connectivity index (χ4n) is 0.472. The van der Waals surface area contributed by atoms with Crippen molar-refractivity contribution in [3.05, 3.63) is 0 Å². The lowest BCUT2D eigenvalue weighted by Crippen LogP contribution is -2.33. The van der Waals surface area contributed by atoms with Gasteiger partial charge in [-0.05, 0) is 20.8 Å². The summed E-state index contributed by atoms with van der Waals surface area (Å²) in [6, 6.07) is 0. The van der Waals surface area contributed by atoms with E-state index in [0.29, 0.717) is 0 Å². The van der Waals surface area contributed by atoms with Crippen LogP contribution in [0.2, 0.25) is 0 Å². The molecule has 0 aliphatic rings. The molecule has 0 atom stereocenters. The Hall–Kier alpha value is -1.21. The maximum atomic E-state index is 10.8. The van der Waals surface area contributed by atoms with Crippen LogP contribution in [0.5, 0.6) is 0 Å². The zero-order valence-corrected chi connectivity index (χ0v) is 15.0. The second-order valence-corrected chi connectivity index (χ2v) is 3.15. The van der Waals surface area contributed by atoms with Crippen molar-refractivity contribution in [2.75, 3.05) is 13.2 Å². The van der Waals surface area contributed by atoms with Gasteiger partial charge >= 0.3 is 6.09 Å². The molecule has 35 N–H and O–H groups in total. The van der Waals surface area contributed by atoms with Gasteiger partial charge in [0.15, 0.2) is 0 Å². The summed E-state index contributed by atoms with van der Waals surface area (Å²) >= 11 is 0. The van der Waals surface area contributed by atoms with Crippen LogP contribution in [0.25, 0.3) is 0 Å². The van der Waals surface area contributed by atoms with Gasteiger partial charge in [-0.2, -0.15) is 0 Å². The third kappa shape index (κ3) is 98.0. The minimum absolute atomic E-state index is 0. The van der Waals surface area contributed by atoms with Crippen LogP contribution in [0.15, 0.2) is 0 Å². The number of nitrogens with one attached hydrogen (secondary N) is 1. The van der Waals surface area contributed by atoms with Gasteiger partial charge in [-0.3, -0.25) is 0 Å². The third-order valence-corrected chi connectivity index (χ3v) is 0.780. The number of amides is 1. The molecule has 0 fully saturated rings. The van der Waals surface area contributed by atoms with Gasteiger partial charge < -0.3 is 82.8 Å². The van der Waals surface area contributed by atoms with Crippen LogP contribution in [0.1, 0.15) is 20.8 Å². The van der Waals surface area contributed by atoms with E-state index >= 15 is 0 Å². The van der Waals surface area contributed by atoms with Crippen molar-refractivity contribution >= 4 is 6.09 Å². The first-order chi connectivity index (χ1) is 4.95. The van der Waals surface area contributed by atoms with E-state index in [4.69, 9.17) is 9.84 Å². The molecule has 0 heterocycles. The predicted molar refractivity (Wildman–Crippen MR) is 96.6 cm³/mol. The lowest BCUT2D eigenvalue weighted by Gasteiger charge is -2.19. The highest BCUT2D eigenvalue weighted by Gasteiger charge is 2.14. The van der Waals surface area contributed by atoms with Crippen LogP contribution in [-0.2, 0) is 4.74 Å². The number of ether oxygens (including phenoxy) is 1. The molecule has 15 nitrogen and oxygen atoms in total. The summed E-state index contributed by atoms with van der Waals surface area (Å²) in [5.41, 5.74) is -0.473. The van der Waals surface area contributed by atoms with Crippen molar-refractivity contribution in [3.8, 4) is 0 Å². The van der Waals surface area contributed by atoms with Crippen molar-refractivity contribution in [2.45, 2.75) is 26.4 Å². The number of aliphatic hydroxyl groups is 1. The summed E-state index contributed by atoms with van der Waals surface area (Å²) in [4.78, 5) is 10.8. The van der Waals surface area contributed by atoms with Gasteiger partial charge in [0.2, 0.25) is 0 Å². The Labute approximate surface area is 134 Å². The van der Waals surface area contributed by atoms with E-state index in [2.05, 4.69) is 5.32 Å².